The first-order valence-corrected chi connectivity index (χ1v) is 7.33. The summed E-state index contributed by atoms with van der Waals surface area (Å²) in [5.74, 6) is 0.616. The van der Waals surface area contributed by atoms with Gasteiger partial charge in [0.25, 0.3) is 5.91 Å². The van der Waals surface area contributed by atoms with Gasteiger partial charge in [0.15, 0.2) is 0 Å². The number of carbonyl (C=O) groups excluding carboxylic acids is 2. The zero-order valence-corrected chi connectivity index (χ0v) is 12.9. The second kappa shape index (κ2) is 6.61. The van der Waals surface area contributed by atoms with Crippen molar-refractivity contribution in [2.75, 3.05) is 32.1 Å². The third-order valence-corrected chi connectivity index (χ3v) is 3.71. The van der Waals surface area contributed by atoms with Gasteiger partial charge < -0.3 is 14.5 Å². The number of amides is 2. The molecule has 21 heavy (non-hydrogen) atoms. The number of fused-ring (bicyclic) bond motifs is 1. The van der Waals surface area contributed by atoms with E-state index in [2.05, 4.69) is 6.92 Å². The highest BCUT2D eigenvalue weighted by atomic mass is 16.5. The van der Waals surface area contributed by atoms with Gasteiger partial charge in [-0.3, -0.25) is 9.59 Å². The summed E-state index contributed by atoms with van der Waals surface area (Å²) in [6, 6.07) is 5.27. The molecule has 2 amide bonds. The third kappa shape index (κ3) is 3.35. The summed E-state index contributed by atoms with van der Waals surface area (Å²) in [7, 11) is 3.51. The first kappa shape index (κ1) is 15.4. The Labute approximate surface area is 125 Å². The average molecular weight is 290 g/mol. The van der Waals surface area contributed by atoms with Crippen LogP contribution in [0.25, 0.3) is 0 Å². The minimum absolute atomic E-state index is 0.00214. The van der Waals surface area contributed by atoms with Crippen LogP contribution in [0.2, 0.25) is 0 Å². The van der Waals surface area contributed by atoms with Gasteiger partial charge in [0.1, 0.15) is 5.75 Å². The van der Waals surface area contributed by atoms with Gasteiger partial charge in [0.05, 0.1) is 18.7 Å². The minimum atomic E-state index is -0.0312. The Morgan fingerprint density at radius 2 is 2.19 bits per heavy atom. The molecule has 1 aliphatic heterocycles. The van der Waals surface area contributed by atoms with Gasteiger partial charge in [-0.2, -0.15) is 0 Å². The molecule has 5 nitrogen and oxygen atoms in total. The minimum Gasteiger partial charge on any atom is -0.491 e. The number of hydrogen-bond donors (Lipinski definition) is 0. The van der Waals surface area contributed by atoms with Crippen LogP contribution in [-0.4, -0.2) is 44.0 Å². The molecule has 0 saturated heterocycles. The SMILES string of the molecule is CCCCN(C)C(=O)c1ccc2c(c1)N(C)C(=O)CCO2. The fraction of sp³-hybridized carbons (Fsp3) is 0.500. The molecule has 1 aromatic carbocycles. The Balaban J connectivity index is 2.25. The molecule has 0 unspecified atom stereocenters. The Bertz CT molecular complexity index is 542. The molecule has 0 spiro atoms. The second-order valence-electron chi connectivity index (χ2n) is 5.31. The molecule has 0 aliphatic carbocycles. The number of nitrogens with zero attached hydrogens (tertiary/aromatic N) is 2. The summed E-state index contributed by atoms with van der Waals surface area (Å²) >= 11 is 0. The van der Waals surface area contributed by atoms with Crippen molar-refractivity contribution < 1.29 is 14.3 Å². The highest BCUT2D eigenvalue weighted by molar-refractivity contribution is 5.99. The molecule has 0 aromatic heterocycles. The van der Waals surface area contributed by atoms with Crippen molar-refractivity contribution in [3.63, 3.8) is 0 Å². The zero-order valence-electron chi connectivity index (χ0n) is 12.9. The first-order chi connectivity index (χ1) is 10.0. The van der Waals surface area contributed by atoms with Crippen LogP contribution in [-0.2, 0) is 4.79 Å². The lowest BCUT2D eigenvalue weighted by Gasteiger charge is -2.20. The van der Waals surface area contributed by atoms with Crippen LogP contribution in [0.15, 0.2) is 18.2 Å². The number of ether oxygens (including phenoxy) is 1. The van der Waals surface area contributed by atoms with Crippen LogP contribution in [0.1, 0.15) is 36.5 Å². The number of rotatable bonds is 4. The fourth-order valence-corrected chi connectivity index (χ4v) is 2.30. The Hall–Kier alpha value is -2.04. The number of unbranched alkanes of at least 4 members (excludes halogenated alkanes) is 1. The molecule has 0 atom stereocenters. The van der Waals surface area contributed by atoms with Crippen molar-refractivity contribution in [1.29, 1.82) is 0 Å². The summed E-state index contributed by atoms with van der Waals surface area (Å²) in [5.41, 5.74) is 1.24. The van der Waals surface area contributed by atoms with E-state index in [4.69, 9.17) is 4.74 Å². The van der Waals surface area contributed by atoms with Crippen molar-refractivity contribution in [2.24, 2.45) is 0 Å². The predicted molar refractivity (Wildman–Crippen MR) is 81.8 cm³/mol. The quantitative estimate of drug-likeness (QED) is 0.855. The molecule has 0 saturated carbocycles. The molecule has 5 heteroatoms. The summed E-state index contributed by atoms with van der Waals surface area (Å²) < 4.78 is 5.56. The lowest BCUT2D eigenvalue weighted by molar-refractivity contribution is -0.118. The number of carbonyl (C=O) groups is 2. The van der Waals surface area contributed by atoms with Crippen molar-refractivity contribution in [1.82, 2.24) is 4.90 Å². The number of anilines is 1. The van der Waals surface area contributed by atoms with Gasteiger partial charge >= 0.3 is 0 Å². The van der Waals surface area contributed by atoms with E-state index in [1.165, 1.54) is 0 Å². The highest BCUT2D eigenvalue weighted by Crippen LogP contribution is 2.31. The first-order valence-electron chi connectivity index (χ1n) is 7.33. The summed E-state index contributed by atoms with van der Waals surface area (Å²) in [4.78, 5) is 27.5. The smallest absolute Gasteiger partial charge is 0.253 e. The van der Waals surface area contributed by atoms with E-state index in [9.17, 15) is 9.59 Å². The van der Waals surface area contributed by atoms with E-state index in [1.807, 2.05) is 0 Å². The lowest BCUT2D eigenvalue weighted by atomic mass is 10.1. The van der Waals surface area contributed by atoms with Crippen LogP contribution in [0.4, 0.5) is 5.69 Å². The maximum atomic E-state index is 12.4. The number of hydrogen-bond acceptors (Lipinski definition) is 3. The maximum absolute atomic E-state index is 12.4. The molecular weight excluding hydrogens is 268 g/mol. The molecule has 0 radical (unpaired) electrons. The molecule has 0 fully saturated rings. The molecule has 0 N–H and O–H groups in total. The highest BCUT2D eigenvalue weighted by Gasteiger charge is 2.22. The van der Waals surface area contributed by atoms with E-state index in [-0.39, 0.29) is 11.8 Å². The van der Waals surface area contributed by atoms with Crippen LogP contribution >= 0.6 is 0 Å². The van der Waals surface area contributed by atoms with Crippen LogP contribution in [0.5, 0.6) is 5.75 Å². The van der Waals surface area contributed by atoms with Gasteiger partial charge in [-0.05, 0) is 24.6 Å². The Morgan fingerprint density at radius 1 is 1.43 bits per heavy atom. The Kier molecular flexibility index (Phi) is 4.83. The topological polar surface area (TPSA) is 49.9 Å². The molecule has 114 valence electrons. The molecule has 1 heterocycles. The van der Waals surface area contributed by atoms with E-state index >= 15 is 0 Å². The zero-order chi connectivity index (χ0) is 15.4. The van der Waals surface area contributed by atoms with Crippen molar-refractivity contribution in [3.8, 4) is 5.75 Å². The van der Waals surface area contributed by atoms with E-state index in [0.717, 1.165) is 19.4 Å². The number of benzene rings is 1. The van der Waals surface area contributed by atoms with Gasteiger partial charge in [0, 0.05) is 26.2 Å². The predicted octanol–water partition coefficient (Wildman–Crippen LogP) is 2.30. The third-order valence-electron chi connectivity index (χ3n) is 3.71. The summed E-state index contributed by atoms with van der Waals surface area (Å²) in [6.07, 6.45) is 2.38. The summed E-state index contributed by atoms with van der Waals surface area (Å²) in [6.45, 7) is 3.20. The van der Waals surface area contributed by atoms with E-state index < -0.39 is 0 Å². The molecule has 2 rings (SSSR count). The molecule has 1 aliphatic rings. The largest absolute Gasteiger partial charge is 0.491 e. The normalized spacial score (nSPS) is 14.2. The molecule has 0 bridgehead atoms. The van der Waals surface area contributed by atoms with Crippen LogP contribution in [0, 0.1) is 0 Å². The standard InChI is InChI=1S/C16H22N2O3/c1-4-5-9-17(2)16(20)12-6-7-14-13(11-12)18(3)15(19)8-10-21-14/h6-7,11H,4-5,8-10H2,1-3H3. The van der Waals surface area contributed by atoms with E-state index in [1.54, 1.807) is 42.1 Å². The van der Waals surface area contributed by atoms with Gasteiger partial charge in [-0.15, -0.1) is 0 Å². The van der Waals surface area contributed by atoms with Crippen LogP contribution in [0.3, 0.4) is 0 Å². The summed E-state index contributed by atoms with van der Waals surface area (Å²) in [5, 5.41) is 0. The monoisotopic (exact) mass is 290 g/mol. The fourth-order valence-electron chi connectivity index (χ4n) is 2.30. The Morgan fingerprint density at radius 3 is 2.90 bits per heavy atom. The maximum Gasteiger partial charge on any atom is 0.253 e. The van der Waals surface area contributed by atoms with Crippen molar-refractivity contribution in [3.05, 3.63) is 23.8 Å². The van der Waals surface area contributed by atoms with Crippen LogP contribution < -0.4 is 9.64 Å². The van der Waals surface area contributed by atoms with Gasteiger partial charge in [-0.1, -0.05) is 13.3 Å². The van der Waals surface area contributed by atoms with E-state index in [0.29, 0.717) is 30.0 Å². The van der Waals surface area contributed by atoms with Crippen molar-refractivity contribution >= 4 is 17.5 Å². The molecule has 1 aromatic rings. The van der Waals surface area contributed by atoms with Crippen molar-refractivity contribution in [2.45, 2.75) is 26.2 Å². The second-order valence-corrected chi connectivity index (χ2v) is 5.31. The lowest BCUT2D eigenvalue weighted by Crippen LogP contribution is -2.28. The van der Waals surface area contributed by atoms with Gasteiger partial charge in [-0.25, -0.2) is 0 Å². The van der Waals surface area contributed by atoms with Gasteiger partial charge in [0.2, 0.25) is 5.91 Å². The molecular formula is C16H22N2O3. The average Bonchev–Trinajstić information content (AvgIpc) is 2.63.